The van der Waals surface area contributed by atoms with Crippen LogP contribution in [0, 0.1) is 0 Å². The summed E-state index contributed by atoms with van der Waals surface area (Å²) >= 11 is 0. The van der Waals surface area contributed by atoms with Gasteiger partial charge in [-0.3, -0.25) is 0 Å². The van der Waals surface area contributed by atoms with Crippen molar-refractivity contribution in [2.75, 3.05) is 7.11 Å². The molecule has 0 unspecified atom stereocenters. The molecule has 0 aliphatic rings. The molecule has 0 atom stereocenters. The van der Waals surface area contributed by atoms with Crippen molar-refractivity contribution >= 4 is 5.97 Å². The number of hydrogen-bond acceptors (Lipinski definition) is 3. The number of ether oxygens (including phenoxy) is 1. The summed E-state index contributed by atoms with van der Waals surface area (Å²) in [5, 5.41) is 8.85. The molecule has 4 nitrogen and oxygen atoms in total. The maximum Gasteiger partial charge on any atom is 0.335 e. The van der Waals surface area contributed by atoms with Gasteiger partial charge >= 0.3 is 5.97 Å². The molecule has 15 heavy (non-hydrogen) atoms. The van der Waals surface area contributed by atoms with Crippen molar-refractivity contribution < 1.29 is 14.6 Å². The lowest BCUT2D eigenvalue weighted by atomic mass is 10.1. The molecule has 4 heteroatoms. The highest BCUT2D eigenvalue weighted by Crippen LogP contribution is 2.13. The number of aryl methyl sites for hydroxylation is 1. The van der Waals surface area contributed by atoms with Crippen molar-refractivity contribution in [3.63, 3.8) is 0 Å². The second-order valence-electron chi connectivity index (χ2n) is 3.02. The molecule has 0 aliphatic carbocycles. The lowest BCUT2D eigenvalue weighted by Crippen LogP contribution is -2.02. The molecular formula is C11H13NO3. The van der Waals surface area contributed by atoms with E-state index in [1.807, 2.05) is 0 Å². The van der Waals surface area contributed by atoms with Gasteiger partial charge in [-0.05, 0) is 18.9 Å². The average Bonchev–Trinajstić information content (AvgIpc) is 2.25. The first-order valence-corrected chi connectivity index (χ1v) is 4.56. The van der Waals surface area contributed by atoms with Crippen LogP contribution in [-0.2, 0) is 6.42 Å². The summed E-state index contributed by atoms with van der Waals surface area (Å²) in [6.07, 6.45) is 3.20. The molecule has 0 amide bonds. The van der Waals surface area contributed by atoms with Crippen molar-refractivity contribution in [1.29, 1.82) is 0 Å². The van der Waals surface area contributed by atoms with E-state index in [2.05, 4.69) is 11.6 Å². The lowest BCUT2D eigenvalue weighted by molar-refractivity contribution is 0.0696. The fourth-order valence-corrected chi connectivity index (χ4v) is 1.17. The van der Waals surface area contributed by atoms with Crippen LogP contribution in [0.4, 0.5) is 0 Å². The SMILES string of the molecule is C=CCCc1cc(C(=O)O)cc(OC)n1. The number of pyridine rings is 1. The number of hydrogen-bond donors (Lipinski definition) is 1. The third-order valence-corrected chi connectivity index (χ3v) is 1.92. The zero-order valence-electron chi connectivity index (χ0n) is 8.56. The van der Waals surface area contributed by atoms with Crippen molar-refractivity contribution in [3.05, 3.63) is 36.0 Å². The number of carboxylic acids is 1. The van der Waals surface area contributed by atoms with Gasteiger partial charge in [0.25, 0.3) is 0 Å². The second kappa shape index (κ2) is 5.14. The Balaban J connectivity index is 2.99. The van der Waals surface area contributed by atoms with E-state index in [1.165, 1.54) is 13.2 Å². The highest BCUT2D eigenvalue weighted by atomic mass is 16.5. The number of carboxylic acid groups (broad SMARTS) is 1. The van der Waals surface area contributed by atoms with E-state index < -0.39 is 5.97 Å². The number of rotatable bonds is 5. The van der Waals surface area contributed by atoms with Crippen LogP contribution in [0.25, 0.3) is 0 Å². The first kappa shape index (κ1) is 11.2. The molecule has 1 rings (SSSR count). The Kier molecular flexibility index (Phi) is 3.85. The van der Waals surface area contributed by atoms with Crippen LogP contribution in [0.15, 0.2) is 24.8 Å². The van der Waals surface area contributed by atoms with Gasteiger partial charge < -0.3 is 9.84 Å². The number of aromatic carboxylic acids is 1. The quantitative estimate of drug-likeness (QED) is 0.749. The molecule has 0 bridgehead atoms. The largest absolute Gasteiger partial charge is 0.481 e. The lowest BCUT2D eigenvalue weighted by Gasteiger charge is -2.04. The number of nitrogens with zero attached hydrogens (tertiary/aromatic N) is 1. The standard InChI is InChI=1S/C11H13NO3/c1-3-4-5-9-6-8(11(13)14)7-10(12-9)15-2/h3,6-7H,1,4-5H2,2H3,(H,13,14). The van der Waals surface area contributed by atoms with Crippen LogP contribution in [0.1, 0.15) is 22.5 Å². The molecule has 0 saturated carbocycles. The van der Waals surface area contributed by atoms with E-state index in [0.717, 1.165) is 6.42 Å². The van der Waals surface area contributed by atoms with Crippen molar-refractivity contribution in [2.45, 2.75) is 12.8 Å². The summed E-state index contributed by atoms with van der Waals surface area (Å²) in [6, 6.07) is 2.95. The molecule has 0 saturated heterocycles. The van der Waals surface area contributed by atoms with E-state index in [-0.39, 0.29) is 5.56 Å². The van der Waals surface area contributed by atoms with Crippen molar-refractivity contribution in [3.8, 4) is 5.88 Å². The van der Waals surface area contributed by atoms with Crippen LogP contribution < -0.4 is 4.74 Å². The van der Waals surface area contributed by atoms with Crippen molar-refractivity contribution in [1.82, 2.24) is 4.98 Å². The molecule has 0 aliphatic heterocycles. The monoisotopic (exact) mass is 207 g/mol. The van der Waals surface area contributed by atoms with Crippen LogP contribution in [0.2, 0.25) is 0 Å². The van der Waals surface area contributed by atoms with Gasteiger partial charge in [-0.1, -0.05) is 6.08 Å². The highest BCUT2D eigenvalue weighted by Gasteiger charge is 2.08. The maximum absolute atomic E-state index is 10.8. The summed E-state index contributed by atoms with van der Waals surface area (Å²) in [6.45, 7) is 3.60. The Labute approximate surface area is 88.2 Å². The molecule has 1 aromatic heterocycles. The van der Waals surface area contributed by atoms with E-state index in [9.17, 15) is 4.79 Å². The van der Waals surface area contributed by atoms with Gasteiger partial charge in [-0.2, -0.15) is 0 Å². The summed E-state index contributed by atoms with van der Waals surface area (Å²) < 4.78 is 4.93. The molecule has 0 fully saturated rings. The van der Waals surface area contributed by atoms with E-state index in [4.69, 9.17) is 9.84 Å². The topological polar surface area (TPSA) is 59.4 Å². The third kappa shape index (κ3) is 3.09. The predicted molar refractivity (Wildman–Crippen MR) is 56.3 cm³/mol. The Bertz CT molecular complexity index is 374. The van der Waals surface area contributed by atoms with Gasteiger partial charge in [-0.25, -0.2) is 9.78 Å². The molecular weight excluding hydrogens is 194 g/mol. The Morgan fingerprint density at radius 1 is 1.67 bits per heavy atom. The van der Waals surface area contributed by atoms with Gasteiger partial charge in [-0.15, -0.1) is 6.58 Å². The van der Waals surface area contributed by atoms with Gasteiger partial charge in [0.05, 0.1) is 12.7 Å². The first-order chi connectivity index (χ1) is 7.17. The van der Waals surface area contributed by atoms with Crippen molar-refractivity contribution in [2.24, 2.45) is 0 Å². The Hall–Kier alpha value is -1.84. The minimum absolute atomic E-state index is 0.195. The van der Waals surface area contributed by atoms with Gasteiger partial charge in [0.1, 0.15) is 0 Å². The highest BCUT2D eigenvalue weighted by molar-refractivity contribution is 5.88. The molecule has 0 aromatic carbocycles. The first-order valence-electron chi connectivity index (χ1n) is 4.56. The summed E-state index contributed by atoms with van der Waals surface area (Å²) in [5.74, 6) is -0.649. The number of aromatic nitrogens is 1. The van der Waals surface area contributed by atoms with Crippen LogP contribution in [0.5, 0.6) is 5.88 Å². The van der Waals surface area contributed by atoms with Crippen LogP contribution in [-0.4, -0.2) is 23.2 Å². The van der Waals surface area contributed by atoms with E-state index >= 15 is 0 Å². The van der Waals surface area contributed by atoms with Crippen LogP contribution in [0.3, 0.4) is 0 Å². The zero-order chi connectivity index (χ0) is 11.3. The summed E-state index contributed by atoms with van der Waals surface area (Å²) in [7, 11) is 1.46. The van der Waals surface area contributed by atoms with Gasteiger partial charge in [0, 0.05) is 11.8 Å². The zero-order valence-corrected chi connectivity index (χ0v) is 8.56. The van der Waals surface area contributed by atoms with E-state index in [1.54, 1.807) is 12.1 Å². The van der Waals surface area contributed by atoms with Gasteiger partial charge in [0.2, 0.25) is 5.88 Å². The second-order valence-corrected chi connectivity index (χ2v) is 3.02. The summed E-state index contributed by atoms with van der Waals surface area (Å²) in [4.78, 5) is 14.9. The van der Waals surface area contributed by atoms with Crippen LogP contribution >= 0.6 is 0 Å². The number of methoxy groups -OCH3 is 1. The fourth-order valence-electron chi connectivity index (χ4n) is 1.17. The Morgan fingerprint density at radius 2 is 2.40 bits per heavy atom. The van der Waals surface area contributed by atoms with E-state index in [0.29, 0.717) is 18.0 Å². The fraction of sp³-hybridized carbons (Fsp3) is 0.273. The maximum atomic E-state index is 10.8. The van der Waals surface area contributed by atoms with Gasteiger partial charge in [0.15, 0.2) is 0 Å². The smallest absolute Gasteiger partial charge is 0.335 e. The molecule has 0 spiro atoms. The normalized spacial score (nSPS) is 9.67. The minimum Gasteiger partial charge on any atom is -0.481 e. The summed E-state index contributed by atoms with van der Waals surface area (Å²) in [5.41, 5.74) is 0.896. The molecule has 0 radical (unpaired) electrons. The third-order valence-electron chi connectivity index (χ3n) is 1.92. The minimum atomic E-state index is -0.976. The molecule has 1 aromatic rings. The average molecular weight is 207 g/mol. The molecule has 1 N–H and O–H groups in total. The number of allylic oxidation sites excluding steroid dienone is 1. The molecule has 1 heterocycles. The Morgan fingerprint density at radius 3 is 2.93 bits per heavy atom. The molecule has 80 valence electrons. The predicted octanol–water partition coefficient (Wildman–Crippen LogP) is 1.91. The number of carbonyl (C=O) groups is 1.